The van der Waals surface area contributed by atoms with E-state index in [-0.39, 0.29) is 37.3 Å². The Morgan fingerprint density at radius 2 is 1.59 bits per heavy atom. The largest absolute Gasteiger partial charge is 0.475 e. The van der Waals surface area contributed by atoms with Crippen LogP contribution in [-0.4, -0.2) is 21.6 Å². The molecule has 0 N–H and O–H groups in total. The molecular weight excluding hydrogens is 521 g/mol. The fraction of sp³-hybridized carbons (Fsp3) is 0.160. The van der Waals surface area contributed by atoms with Crippen molar-refractivity contribution >= 4 is 11.6 Å². The van der Waals surface area contributed by atoms with Crippen LogP contribution in [0.25, 0.3) is 0 Å². The lowest BCUT2D eigenvalue weighted by atomic mass is 10.2. The van der Waals surface area contributed by atoms with Crippen LogP contribution in [0.2, 0.25) is 5.02 Å². The van der Waals surface area contributed by atoms with Crippen molar-refractivity contribution in [3.63, 3.8) is 0 Å². The van der Waals surface area contributed by atoms with Gasteiger partial charge in [0, 0.05) is 12.6 Å². The number of pyridine rings is 1. The lowest BCUT2D eigenvalue weighted by Crippen LogP contribution is -2.07. The van der Waals surface area contributed by atoms with Crippen molar-refractivity contribution in [3.05, 3.63) is 100 Å². The summed E-state index contributed by atoms with van der Waals surface area (Å²) in [4.78, 5) is 11.5. The van der Waals surface area contributed by atoms with E-state index in [0.717, 1.165) is 30.0 Å². The number of aromatic nitrogens is 3. The summed E-state index contributed by atoms with van der Waals surface area (Å²) in [6, 6.07) is 13.0. The zero-order valence-electron chi connectivity index (χ0n) is 18.8. The maximum absolute atomic E-state index is 14.5. The highest BCUT2D eigenvalue weighted by Gasteiger charge is 2.33. The van der Waals surface area contributed by atoms with Gasteiger partial charge in [-0.3, -0.25) is 0 Å². The van der Waals surface area contributed by atoms with Gasteiger partial charge in [-0.1, -0.05) is 41.9 Å². The summed E-state index contributed by atoms with van der Waals surface area (Å²) in [5.41, 5.74) is 0.120. The molecule has 0 amide bonds. The van der Waals surface area contributed by atoms with Crippen LogP contribution in [0.5, 0.6) is 23.5 Å². The Labute approximate surface area is 212 Å². The van der Waals surface area contributed by atoms with Gasteiger partial charge in [0.05, 0.1) is 23.4 Å². The Hall–Kier alpha value is -3.99. The molecule has 12 heteroatoms. The average Bonchev–Trinajstić information content (AvgIpc) is 2.87. The summed E-state index contributed by atoms with van der Waals surface area (Å²) in [5, 5.41) is -0.515. The van der Waals surface area contributed by atoms with Crippen molar-refractivity contribution in [2.45, 2.75) is 19.2 Å². The van der Waals surface area contributed by atoms with Gasteiger partial charge < -0.3 is 14.2 Å². The third-order valence-corrected chi connectivity index (χ3v) is 5.18. The quantitative estimate of drug-likeness (QED) is 0.218. The Kier molecular flexibility index (Phi) is 8.02. The number of benzene rings is 2. The highest BCUT2D eigenvalue weighted by molar-refractivity contribution is 6.31. The van der Waals surface area contributed by atoms with Crippen LogP contribution in [0.15, 0.2) is 67.0 Å². The van der Waals surface area contributed by atoms with Gasteiger partial charge in [0.2, 0.25) is 5.82 Å². The maximum atomic E-state index is 14.5. The minimum atomic E-state index is -4.70. The fourth-order valence-electron chi connectivity index (χ4n) is 3.07. The van der Waals surface area contributed by atoms with Gasteiger partial charge in [-0.2, -0.15) is 22.5 Å². The lowest BCUT2D eigenvalue weighted by molar-refractivity contribution is -0.137. The van der Waals surface area contributed by atoms with E-state index >= 15 is 0 Å². The van der Waals surface area contributed by atoms with Gasteiger partial charge in [-0.15, -0.1) is 0 Å². The first-order valence-electron chi connectivity index (χ1n) is 10.7. The van der Waals surface area contributed by atoms with E-state index in [1.54, 1.807) is 0 Å². The molecule has 0 saturated carbocycles. The van der Waals surface area contributed by atoms with E-state index in [0.29, 0.717) is 11.6 Å². The molecule has 0 atom stereocenters. The molecule has 2 aromatic heterocycles. The van der Waals surface area contributed by atoms with E-state index in [1.165, 1.54) is 6.20 Å². The first-order chi connectivity index (χ1) is 17.7. The molecule has 0 aliphatic heterocycles. The molecule has 0 aliphatic rings. The third-order valence-electron chi connectivity index (χ3n) is 4.85. The molecule has 0 radical (unpaired) electrons. The molecule has 0 saturated heterocycles. The second-order valence-electron chi connectivity index (χ2n) is 7.55. The molecule has 0 unspecified atom stereocenters. The molecule has 0 bridgehead atoms. The Morgan fingerprint density at radius 3 is 2.32 bits per heavy atom. The number of nitrogens with zero attached hydrogens (tertiary/aromatic N) is 3. The van der Waals surface area contributed by atoms with Crippen molar-refractivity contribution in [2.24, 2.45) is 0 Å². The summed E-state index contributed by atoms with van der Waals surface area (Å²) < 4.78 is 83.5. The maximum Gasteiger partial charge on any atom is 0.417 e. The van der Waals surface area contributed by atoms with Crippen molar-refractivity contribution in [1.82, 2.24) is 15.0 Å². The van der Waals surface area contributed by atoms with Gasteiger partial charge in [0.15, 0.2) is 5.82 Å². The molecule has 0 spiro atoms. The second-order valence-corrected chi connectivity index (χ2v) is 7.96. The number of halogens is 6. The van der Waals surface area contributed by atoms with Crippen LogP contribution in [0.4, 0.5) is 22.0 Å². The van der Waals surface area contributed by atoms with Crippen molar-refractivity contribution in [3.8, 4) is 23.5 Å². The van der Waals surface area contributed by atoms with E-state index in [1.807, 2.05) is 30.3 Å². The van der Waals surface area contributed by atoms with E-state index in [9.17, 15) is 22.0 Å². The van der Waals surface area contributed by atoms with Crippen LogP contribution in [0.1, 0.15) is 16.7 Å². The van der Waals surface area contributed by atoms with Crippen molar-refractivity contribution in [2.75, 3.05) is 6.61 Å². The van der Waals surface area contributed by atoms with Gasteiger partial charge in [-0.25, -0.2) is 14.4 Å². The highest BCUT2D eigenvalue weighted by Crippen LogP contribution is 2.37. The summed E-state index contributed by atoms with van der Waals surface area (Å²) in [7, 11) is 0. The standard InChI is InChI=1S/C25H17ClF5N3O3/c26-19-7-6-17(11-18(19)25(29,30)31)37-22-20(27)10-16(12-32-22)8-9-35-23-21(28)13-33-24(34-23)36-14-15-4-2-1-3-5-15/h1-7,10-13H,8-9,14H2. The minimum Gasteiger partial charge on any atom is -0.475 e. The van der Waals surface area contributed by atoms with Gasteiger partial charge in [0.1, 0.15) is 12.4 Å². The van der Waals surface area contributed by atoms with Gasteiger partial charge in [-0.05, 0) is 35.4 Å². The highest BCUT2D eigenvalue weighted by atomic mass is 35.5. The predicted molar refractivity (Wildman–Crippen MR) is 123 cm³/mol. The monoisotopic (exact) mass is 537 g/mol. The Morgan fingerprint density at radius 1 is 0.811 bits per heavy atom. The van der Waals surface area contributed by atoms with Crippen molar-refractivity contribution in [1.29, 1.82) is 0 Å². The summed E-state index contributed by atoms with van der Waals surface area (Å²) >= 11 is 5.57. The summed E-state index contributed by atoms with van der Waals surface area (Å²) in [6.07, 6.45) is -2.42. The zero-order chi connectivity index (χ0) is 26.4. The minimum absolute atomic E-state index is 0.0784. The molecule has 2 heterocycles. The molecule has 0 fully saturated rings. The molecule has 6 nitrogen and oxygen atoms in total. The molecule has 37 heavy (non-hydrogen) atoms. The summed E-state index contributed by atoms with van der Waals surface area (Å²) in [6.45, 7) is 0.0956. The molecule has 2 aromatic carbocycles. The number of hydrogen-bond acceptors (Lipinski definition) is 6. The lowest BCUT2D eigenvalue weighted by Gasteiger charge is -2.12. The normalized spacial score (nSPS) is 11.3. The zero-order valence-corrected chi connectivity index (χ0v) is 19.6. The molecule has 4 aromatic rings. The molecule has 4 rings (SSSR count). The smallest absolute Gasteiger partial charge is 0.417 e. The van der Waals surface area contributed by atoms with Crippen LogP contribution in [-0.2, 0) is 19.2 Å². The number of rotatable bonds is 9. The van der Waals surface area contributed by atoms with Crippen LogP contribution < -0.4 is 14.2 Å². The number of ether oxygens (including phenoxy) is 3. The predicted octanol–water partition coefficient (Wildman–Crippen LogP) is 6.81. The van der Waals surface area contributed by atoms with E-state index < -0.39 is 34.3 Å². The first kappa shape index (κ1) is 26.1. The topological polar surface area (TPSA) is 66.4 Å². The number of alkyl halides is 3. The SMILES string of the molecule is Fc1cnc(OCc2ccccc2)nc1OCCc1cnc(Oc2ccc(Cl)c(C(F)(F)F)c2)c(F)c1. The third kappa shape index (κ3) is 7.04. The average molecular weight is 538 g/mol. The van der Waals surface area contributed by atoms with Crippen LogP contribution >= 0.6 is 11.6 Å². The van der Waals surface area contributed by atoms with E-state index in [2.05, 4.69) is 15.0 Å². The summed E-state index contributed by atoms with van der Waals surface area (Å²) in [5.74, 6) is -2.87. The van der Waals surface area contributed by atoms with Gasteiger partial charge >= 0.3 is 12.2 Å². The molecule has 192 valence electrons. The van der Waals surface area contributed by atoms with E-state index in [4.69, 9.17) is 25.8 Å². The number of hydrogen-bond donors (Lipinski definition) is 0. The molecular formula is C25H17ClF5N3O3. The van der Waals surface area contributed by atoms with Crippen LogP contribution in [0, 0.1) is 11.6 Å². The van der Waals surface area contributed by atoms with Gasteiger partial charge in [0.25, 0.3) is 11.8 Å². The second kappa shape index (κ2) is 11.4. The fourth-order valence-corrected chi connectivity index (χ4v) is 3.29. The molecule has 0 aliphatic carbocycles. The van der Waals surface area contributed by atoms with Crippen molar-refractivity contribution < 1.29 is 36.2 Å². The Balaban J connectivity index is 1.35. The van der Waals surface area contributed by atoms with Crippen LogP contribution in [0.3, 0.4) is 0 Å². The first-order valence-corrected chi connectivity index (χ1v) is 11.1. The Bertz CT molecular complexity index is 1370.